The second-order valence-electron chi connectivity index (χ2n) is 5.47. The fourth-order valence-electron chi connectivity index (χ4n) is 2.66. The maximum absolute atomic E-state index is 13.3. The summed E-state index contributed by atoms with van der Waals surface area (Å²) < 4.78 is 32.4. The number of ether oxygens (including phenoxy) is 1. The lowest BCUT2D eigenvalue weighted by atomic mass is 10.2. The van der Waals surface area contributed by atoms with Crippen molar-refractivity contribution in [3.63, 3.8) is 0 Å². The SMILES string of the molecule is O=[N+]([O-])c1ccc(OC2CCN(c3cc(F)cc(F)c3)C2)c(Cl)c1. The topological polar surface area (TPSA) is 55.6 Å². The molecule has 8 heteroatoms. The van der Waals surface area contributed by atoms with Crippen LogP contribution in [0.15, 0.2) is 36.4 Å². The lowest BCUT2D eigenvalue weighted by Crippen LogP contribution is -2.24. The summed E-state index contributed by atoms with van der Waals surface area (Å²) >= 11 is 6.00. The van der Waals surface area contributed by atoms with Crippen molar-refractivity contribution < 1.29 is 18.4 Å². The van der Waals surface area contributed by atoms with Gasteiger partial charge in [0.25, 0.3) is 5.69 Å². The quantitative estimate of drug-likeness (QED) is 0.610. The van der Waals surface area contributed by atoms with Crippen molar-refractivity contribution in [3.05, 3.63) is 63.2 Å². The summed E-state index contributed by atoms with van der Waals surface area (Å²) in [5.41, 5.74) is 0.337. The summed E-state index contributed by atoms with van der Waals surface area (Å²) in [4.78, 5) is 12.0. The molecule has 2 aromatic carbocycles. The summed E-state index contributed by atoms with van der Waals surface area (Å²) in [6.45, 7) is 1.02. The Bertz CT molecular complexity index is 768. The smallest absolute Gasteiger partial charge is 0.271 e. The first kappa shape index (κ1) is 16.4. The first-order valence-electron chi connectivity index (χ1n) is 7.24. The van der Waals surface area contributed by atoms with Gasteiger partial charge in [-0.2, -0.15) is 0 Å². The number of non-ortho nitro benzene ring substituents is 1. The van der Waals surface area contributed by atoms with Crippen LogP contribution >= 0.6 is 11.6 Å². The first-order valence-corrected chi connectivity index (χ1v) is 7.62. The molecule has 0 amide bonds. The van der Waals surface area contributed by atoms with Gasteiger partial charge < -0.3 is 9.64 Å². The zero-order chi connectivity index (χ0) is 17.3. The number of benzene rings is 2. The molecule has 0 aromatic heterocycles. The molecular formula is C16H13ClF2N2O3. The molecule has 0 N–H and O–H groups in total. The Hall–Kier alpha value is -2.41. The predicted octanol–water partition coefficient (Wildman–Crippen LogP) is 4.18. The molecule has 1 unspecified atom stereocenters. The molecule has 0 spiro atoms. The van der Waals surface area contributed by atoms with Crippen molar-refractivity contribution in [2.75, 3.05) is 18.0 Å². The van der Waals surface area contributed by atoms with E-state index >= 15 is 0 Å². The van der Waals surface area contributed by atoms with Gasteiger partial charge in [-0.3, -0.25) is 10.1 Å². The Morgan fingerprint density at radius 3 is 2.54 bits per heavy atom. The van der Waals surface area contributed by atoms with E-state index in [0.717, 1.165) is 6.07 Å². The summed E-state index contributed by atoms with van der Waals surface area (Å²) in [7, 11) is 0. The minimum atomic E-state index is -0.632. The number of rotatable bonds is 4. The Balaban J connectivity index is 1.69. The maximum Gasteiger partial charge on any atom is 0.271 e. The van der Waals surface area contributed by atoms with Gasteiger partial charge in [-0.15, -0.1) is 0 Å². The highest BCUT2D eigenvalue weighted by atomic mass is 35.5. The normalized spacial score (nSPS) is 17.1. The average Bonchev–Trinajstić information content (AvgIpc) is 2.97. The molecule has 3 rings (SSSR count). The predicted molar refractivity (Wildman–Crippen MR) is 85.7 cm³/mol. The number of nitro groups is 1. The fourth-order valence-corrected chi connectivity index (χ4v) is 2.88. The van der Waals surface area contributed by atoms with E-state index in [1.54, 1.807) is 0 Å². The van der Waals surface area contributed by atoms with Crippen molar-refractivity contribution in [2.45, 2.75) is 12.5 Å². The molecule has 2 aromatic rings. The van der Waals surface area contributed by atoms with Gasteiger partial charge in [0.2, 0.25) is 0 Å². The zero-order valence-corrected chi connectivity index (χ0v) is 13.2. The van der Waals surface area contributed by atoms with Crippen molar-refractivity contribution >= 4 is 23.0 Å². The number of hydrogen-bond donors (Lipinski definition) is 0. The van der Waals surface area contributed by atoms with Crippen LogP contribution < -0.4 is 9.64 Å². The Kier molecular flexibility index (Phi) is 4.53. The minimum Gasteiger partial charge on any atom is -0.487 e. The molecule has 126 valence electrons. The molecular weight excluding hydrogens is 342 g/mol. The molecule has 1 heterocycles. The molecule has 1 aliphatic heterocycles. The average molecular weight is 355 g/mol. The highest BCUT2D eigenvalue weighted by Crippen LogP contribution is 2.31. The van der Waals surface area contributed by atoms with Crippen molar-refractivity contribution in [1.29, 1.82) is 0 Å². The van der Waals surface area contributed by atoms with Crippen LogP contribution in [0, 0.1) is 21.7 Å². The highest BCUT2D eigenvalue weighted by Gasteiger charge is 2.26. The molecule has 0 saturated carbocycles. The van der Waals surface area contributed by atoms with Gasteiger partial charge in [0.1, 0.15) is 23.5 Å². The number of halogens is 3. The molecule has 1 aliphatic rings. The Morgan fingerprint density at radius 2 is 1.92 bits per heavy atom. The molecule has 1 saturated heterocycles. The molecule has 24 heavy (non-hydrogen) atoms. The van der Waals surface area contributed by atoms with E-state index in [1.807, 2.05) is 4.90 Å². The van der Waals surface area contributed by atoms with E-state index in [2.05, 4.69) is 0 Å². The van der Waals surface area contributed by atoms with Gasteiger partial charge in [0.15, 0.2) is 0 Å². The lowest BCUT2D eigenvalue weighted by Gasteiger charge is -2.19. The second kappa shape index (κ2) is 6.60. The van der Waals surface area contributed by atoms with Gasteiger partial charge in [-0.05, 0) is 18.2 Å². The number of anilines is 1. The number of nitro benzene ring substituents is 1. The van der Waals surface area contributed by atoms with Crippen LogP contribution in [0.3, 0.4) is 0 Å². The largest absolute Gasteiger partial charge is 0.487 e. The summed E-state index contributed by atoms with van der Waals surface area (Å²) in [5.74, 6) is -0.917. The maximum atomic E-state index is 13.3. The number of nitrogens with zero attached hydrogens (tertiary/aromatic N) is 2. The summed E-state index contributed by atoms with van der Waals surface area (Å²) in [6.07, 6.45) is 0.418. The van der Waals surface area contributed by atoms with Gasteiger partial charge in [-0.25, -0.2) is 8.78 Å². The van der Waals surface area contributed by atoms with Gasteiger partial charge in [0, 0.05) is 36.9 Å². The van der Waals surface area contributed by atoms with Crippen molar-refractivity contribution in [2.24, 2.45) is 0 Å². The zero-order valence-electron chi connectivity index (χ0n) is 12.4. The van der Waals surface area contributed by atoms with Crippen LogP contribution in [-0.2, 0) is 0 Å². The van der Waals surface area contributed by atoms with Crippen molar-refractivity contribution in [3.8, 4) is 5.75 Å². The number of hydrogen-bond acceptors (Lipinski definition) is 4. The van der Waals surface area contributed by atoms with Crippen LogP contribution in [-0.4, -0.2) is 24.1 Å². The van der Waals surface area contributed by atoms with E-state index in [1.165, 1.54) is 30.3 Å². The monoisotopic (exact) mass is 354 g/mol. The van der Waals surface area contributed by atoms with E-state index in [0.29, 0.717) is 30.9 Å². The highest BCUT2D eigenvalue weighted by molar-refractivity contribution is 6.32. The summed E-state index contributed by atoms with van der Waals surface area (Å²) in [5, 5.41) is 10.9. The van der Waals surface area contributed by atoms with Crippen LogP contribution in [0.1, 0.15) is 6.42 Å². The lowest BCUT2D eigenvalue weighted by molar-refractivity contribution is -0.384. The molecule has 0 radical (unpaired) electrons. The van der Waals surface area contributed by atoms with Gasteiger partial charge >= 0.3 is 0 Å². The minimum absolute atomic E-state index is 0.115. The standard InChI is InChI=1S/C16H13ClF2N2O3/c17-15-8-12(21(22)23)1-2-16(15)24-14-3-4-20(9-14)13-6-10(18)5-11(19)7-13/h1-2,5-8,14H,3-4,9H2. The molecule has 5 nitrogen and oxygen atoms in total. The van der Waals surface area contributed by atoms with Crippen LogP contribution in [0.2, 0.25) is 5.02 Å². The van der Waals surface area contributed by atoms with E-state index in [-0.39, 0.29) is 16.8 Å². The third kappa shape index (κ3) is 3.56. The van der Waals surface area contributed by atoms with Gasteiger partial charge in [-0.1, -0.05) is 11.6 Å². The third-order valence-corrected chi connectivity index (χ3v) is 4.07. The van der Waals surface area contributed by atoms with Gasteiger partial charge in [0.05, 0.1) is 16.5 Å². The Morgan fingerprint density at radius 1 is 1.21 bits per heavy atom. The van der Waals surface area contributed by atoms with Crippen LogP contribution in [0.25, 0.3) is 0 Å². The van der Waals surface area contributed by atoms with Crippen LogP contribution in [0.5, 0.6) is 5.75 Å². The third-order valence-electron chi connectivity index (χ3n) is 3.78. The Labute approximate surface area is 141 Å². The van der Waals surface area contributed by atoms with Crippen molar-refractivity contribution in [1.82, 2.24) is 0 Å². The molecule has 1 atom stereocenters. The molecule has 0 bridgehead atoms. The fraction of sp³-hybridized carbons (Fsp3) is 0.250. The summed E-state index contributed by atoms with van der Waals surface area (Å²) in [6, 6.07) is 7.35. The first-order chi connectivity index (χ1) is 11.4. The molecule has 0 aliphatic carbocycles. The van der Waals surface area contributed by atoms with E-state index in [4.69, 9.17) is 16.3 Å². The van der Waals surface area contributed by atoms with Crippen LogP contribution in [0.4, 0.5) is 20.2 Å². The molecule has 1 fully saturated rings. The van der Waals surface area contributed by atoms with E-state index < -0.39 is 16.6 Å². The van der Waals surface area contributed by atoms with E-state index in [9.17, 15) is 18.9 Å². The second-order valence-corrected chi connectivity index (χ2v) is 5.88.